The third-order valence-electron chi connectivity index (χ3n) is 4.66. The average molecular weight is 408 g/mol. The average Bonchev–Trinajstić information content (AvgIpc) is 3.19. The van der Waals surface area contributed by atoms with Gasteiger partial charge in [0.2, 0.25) is 0 Å². The highest BCUT2D eigenvalue weighted by atomic mass is 35.5. The van der Waals surface area contributed by atoms with Crippen LogP contribution >= 0.6 is 11.6 Å². The highest BCUT2D eigenvalue weighted by Crippen LogP contribution is 2.25. The topological polar surface area (TPSA) is 66.9 Å². The van der Waals surface area contributed by atoms with Crippen LogP contribution in [0.1, 0.15) is 6.92 Å². The van der Waals surface area contributed by atoms with E-state index in [0.717, 1.165) is 48.1 Å². The van der Waals surface area contributed by atoms with Gasteiger partial charge in [0.1, 0.15) is 11.6 Å². The molecule has 1 N–H and O–H groups in total. The quantitative estimate of drug-likeness (QED) is 0.526. The molecule has 7 heteroatoms. The molecule has 0 radical (unpaired) electrons. The lowest BCUT2D eigenvalue weighted by Gasteiger charge is -2.34. The van der Waals surface area contributed by atoms with Gasteiger partial charge in [0, 0.05) is 29.5 Å². The maximum Gasteiger partial charge on any atom is 0.180 e. The summed E-state index contributed by atoms with van der Waals surface area (Å²) in [5.41, 5.74) is 2.59. The van der Waals surface area contributed by atoms with Crippen molar-refractivity contribution in [1.29, 1.82) is 0 Å². The molecule has 1 fully saturated rings. The first kappa shape index (κ1) is 19.4. The van der Waals surface area contributed by atoms with Crippen molar-refractivity contribution < 1.29 is 4.74 Å². The number of anilines is 1. The Bertz CT molecular complexity index is 1040. The summed E-state index contributed by atoms with van der Waals surface area (Å²) in [7, 11) is 0. The first-order valence-electron chi connectivity index (χ1n) is 9.53. The minimum absolute atomic E-state index is 0.319. The molecule has 0 bridgehead atoms. The minimum atomic E-state index is 0.319. The molecule has 6 nitrogen and oxygen atoms in total. The monoisotopic (exact) mass is 407 g/mol. The van der Waals surface area contributed by atoms with Crippen molar-refractivity contribution in [1.82, 2.24) is 19.9 Å². The van der Waals surface area contributed by atoms with Crippen LogP contribution in [0.4, 0.5) is 5.82 Å². The molecule has 4 heterocycles. The molecule has 1 unspecified atom stereocenters. The Labute approximate surface area is 174 Å². The fourth-order valence-corrected chi connectivity index (χ4v) is 3.39. The number of hydrogen-bond acceptors (Lipinski definition) is 5. The van der Waals surface area contributed by atoms with Gasteiger partial charge in [-0.2, -0.15) is 0 Å². The van der Waals surface area contributed by atoms with Gasteiger partial charge in [-0.1, -0.05) is 29.8 Å². The lowest BCUT2D eigenvalue weighted by molar-refractivity contribution is 0.0985. The number of H-pyrrole nitrogens is 1. The van der Waals surface area contributed by atoms with E-state index in [1.54, 1.807) is 12.4 Å². The van der Waals surface area contributed by atoms with E-state index in [0.29, 0.717) is 11.1 Å². The van der Waals surface area contributed by atoms with Crippen molar-refractivity contribution in [2.75, 3.05) is 24.7 Å². The molecule has 1 aromatic carbocycles. The number of aromatic amines is 1. The summed E-state index contributed by atoms with van der Waals surface area (Å²) in [6, 6.07) is 17.7. The lowest BCUT2D eigenvalue weighted by atomic mass is 10.2. The molecule has 0 saturated carbocycles. The molecule has 5 rings (SSSR count). The standard InChI is InChI=1S/C17H17ClN4O.C5H5N/c1-11-10-23-8-7-22(11)15-6-5-14-17(20-15)21-16(19-14)12-3-2-4-13(18)9-12;1-2-4-6-5-3-1/h2-6,9,11H,7-8,10H2,1H3,(H,19,20,21);1-5H. The molecular weight excluding hydrogens is 386 g/mol. The van der Waals surface area contributed by atoms with Gasteiger partial charge in [-0.05, 0) is 43.3 Å². The number of pyridine rings is 2. The molecule has 1 aliphatic rings. The normalized spacial score (nSPS) is 16.3. The minimum Gasteiger partial charge on any atom is -0.377 e. The number of benzene rings is 1. The maximum atomic E-state index is 6.06. The molecule has 1 aliphatic heterocycles. The Kier molecular flexibility index (Phi) is 6.03. The summed E-state index contributed by atoms with van der Waals surface area (Å²) in [6.07, 6.45) is 3.50. The van der Waals surface area contributed by atoms with Crippen LogP contribution in [0.25, 0.3) is 22.6 Å². The van der Waals surface area contributed by atoms with E-state index in [4.69, 9.17) is 21.3 Å². The maximum absolute atomic E-state index is 6.06. The van der Waals surface area contributed by atoms with Gasteiger partial charge in [0.25, 0.3) is 0 Å². The highest BCUT2D eigenvalue weighted by Gasteiger charge is 2.20. The van der Waals surface area contributed by atoms with E-state index in [9.17, 15) is 0 Å². The number of nitrogens with zero attached hydrogens (tertiary/aromatic N) is 4. The van der Waals surface area contributed by atoms with Gasteiger partial charge < -0.3 is 14.6 Å². The number of imidazole rings is 1. The molecule has 4 aromatic rings. The number of ether oxygens (including phenoxy) is 1. The summed E-state index contributed by atoms with van der Waals surface area (Å²) in [4.78, 5) is 18.7. The summed E-state index contributed by atoms with van der Waals surface area (Å²) < 4.78 is 5.49. The Morgan fingerprint density at radius 1 is 1.07 bits per heavy atom. The van der Waals surface area contributed by atoms with Gasteiger partial charge in [0.15, 0.2) is 5.65 Å². The number of hydrogen-bond donors (Lipinski definition) is 1. The Morgan fingerprint density at radius 2 is 1.93 bits per heavy atom. The summed E-state index contributed by atoms with van der Waals surface area (Å²) in [5, 5.41) is 0.693. The van der Waals surface area contributed by atoms with Crippen LogP contribution in [0.3, 0.4) is 0 Å². The van der Waals surface area contributed by atoms with Gasteiger partial charge in [0.05, 0.1) is 24.8 Å². The lowest BCUT2D eigenvalue weighted by Crippen LogP contribution is -2.44. The molecule has 1 atom stereocenters. The number of morpholine rings is 1. The van der Waals surface area contributed by atoms with Crippen LogP contribution in [0.2, 0.25) is 5.02 Å². The number of halogens is 1. The van der Waals surface area contributed by atoms with Crippen molar-refractivity contribution in [3.8, 4) is 11.4 Å². The molecular formula is C22H22ClN5O. The van der Waals surface area contributed by atoms with E-state index in [1.807, 2.05) is 54.6 Å². The number of rotatable bonds is 2. The van der Waals surface area contributed by atoms with Crippen molar-refractivity contribution in [3.05, 3.63) is 72.0 Å². The van der Waals surface area contributed by atoms with Gasteiger partial charge in [-0.3, -0.25) is 4.98 Å². The largest absolute Gasteiger partial charge is 0.377 e. The Hall–Kier alpha value is -2.96. The summed E-state index contributed by atoms with van der Waals surface area (Å²) in [6.45, 7) is 4.46. The Balaban J connectivity index is 0.000000294. The first-order valence-corrected chi connectivity index (χ1v) is 9.90. The van der Waals surface area contributed by atoms with E-state index in [1.165, 1.54) is 0 Å². The summed E-state index contributed by atoms with van der Waals surface area (Å²) in [5.74, 6) is 1.72. The zero-order valence-electron chi connectivity index (χ0n) is 16.1. The van der Waals surface area contributed by atoms with Crippen molar-refractivity contribution in [3.63, 3.8) is 0 Å². The van der Waals surface area contributed by atoms with Gasteiger partial charge in [-0.25, -0.2) is 9.97 Å². The fourth-order valence-electron chi connectivity index (χ4n) is 3.20. The smallest absolute Gasteiger partial charge is 0.180 e. The van der Waals surface area contributed by atoms with Crippen molar-refractivity contribution in [2.24, 2.45) is 0 Å². The zero-order chi connectivity index (χ0) is 20.1. The van der Waals surface area contributed by atoms with Crippen LogP contribution in [0.5, 0.6) is 0 Å². The van der Waals surface area contributed by atoms with Crippen LogP contribution in [-0.4, -0.2) is 45.7 Å². The number of fused-ring (bicyclic) bond motifs is 1. The molecule has 1 saturated heterocycles. The van der Waals surface area contributed by atoms with E-state index >= 15 is 0 Å². The molecule has 0 amide bonds. The second-order valence-corrected chi connectivity index (χ2v) is 7.21. The van der Waals surface area contributed by atoms with Gasteiger partial charge in [-0.15, -0.1) is 0 Å². The third kappa shape index (κ3) is 4.72. The van der Waals surface area contributed by atoms with E-state index < -0.39 is 0 Å². The fraction of sp³-hybridized carbons (Fsp3) is 0.227. The molecule has 0 spiro atoms. The van der Waals surface area contributed by atoms with Crippen LogP contribution in [0, 0.1) is 0 Å². The Morgan fingerprint density at radius 3 is 2.62 bits per heavy atom. The molecule has 0 aliphatic carbocycles. The van der Waals surface area contributed by atoms with Gasteiger partial charge >= 0.3 is 0 Å². The molecule has 3 aromatic heterocycles. The molecule has 29 heavy (non-hydrogen) atoms. The zero-order valence-corrected chi connectivity index (χ0v) is 16.9. The molecule has 148 valence electrons. The van der Waals surface area contributed by atoms with Crippen molar-refractivity contribution in [2.45, 2.75) is 13.0 Å². The van der Waals surface area contributed by atoms with Crippen LogP contribution < -0.4 is 4.90 Å². The first-order chi connectivity index (χ1) is 14.2. The van der Waals surface area contributed by atoms with Crippen LogP contribution in [-0.2, 0) is 4.74 Å². The SMILES string of the molecule is CC1COCCN1c1ccc2[nH]c(-c3cccc(Cl)c3)nc2n1.c1ccncc1. The second-order valence-electron chi connectivity index (χ2n) is 6.78. The number of nitrogens with one attached hydrogen (secondary N) is 1. The van der Waals surface area contributed by atoms with Crippen LogP contribution in [0.15, 0.2) is 67.0 Å². The summed E-state index contributed by atoms with van der Waals surface area (Å²) >= 11 is 6.06. The predicted molar refractivity (Wildman–Crippen MR) is 116 cm³/mol. The predicted octanol–water partition coefficient (Wildman–Crippen LogP) is 4.59. The second kappa shape index (κ2) is 9.03. The van der Waals surface area contributed by atoms with E-state index in [-0.39, 0.29) is 0 Å². The van der Waals surface area contributed by atoms with E-state index in [2.05, 4.69) is 26.8 Å². The third-order valence-corrected chi connectivity index (χ3v) is 4.89. The van der Waals surface area contributed by atoms with Crippen molar-refractivity contribution >= 4 is 28.6 Å². The number of aromatic nitrogens is 4. The highest BCUT2D eigenvalue weighted by molar-refractivity contribution is 6.30.